The minimum absolute atomic E-state index is 0. The van der Waals surface area contributed by atoms with Gasteiger partial charge in [-0.1, -0.05) is 0 Å². The number of methoxy groups -OCH3 is 1. The first-order valence-corrected chi connectivity index (χ1v) is 7.08. The van der Waals surface area contributed by atoms with Crippen LogP contribution in [0.4, 0.5) is 5.69 Å². The molecule has 1 amide bonds. The summed E-state index contributed by atoms with van der Waals surface area (Å²) in [6, 6.07) is 5.33. The molecule has 124 valence electrons. The number of ether oxygens (including phenoxy) is 3. The molecule has 0 aromatic heterocycles. The summed E-state index contributed by atoms with van der Waals surface area (Å²) < 4.78 is 16.3. The van der Waals surface area contributed by atoms with Crippen LogP contribution < -0.4 is 20.1 Å². The second kappa shape index (κ2) is 8.82. The molecule has 0 bridgehead atoms. The lowest BCUT2D eigenvalue weighted by Gasteiger charge is -2.23. The van der Waals surface area contributed by atoms with E-state index in [0.29, 0.717) is 30.3 Å². The van der Waals surface area contributed by atoms with E-state index < -0.39 is 6.10 Å². The van der Waals surface area contributed by atoms with Crippen molar-refractivity contribution < 1.29 is 19.0 Å². The maximum absolute atomic E-state index is 12.2. The fraction of sp³-hybridized carbons (Fsp3) is 0.533. The predicted octanol–water partition coefficient (Wildman–Crippen LogP) is 1.83. The Morgan fingerprint density at radius 2 is 2.23 bits per heavy atom. The molecule has 2 N–H and O–H groups in total. The number of carbonyl (C=O) groups is 1. The Kier molecular flexibility index (Phi) is 7.44. The van der Waals surface area contributed by atoms with Crippen molar-refractivity contribution in [2.45, 2.75) is 26.1 Å². The molecular weight excluding hydrogens is 308 g/mol. The van der Waals surface area contributed by atoms with Crippen LogP contribution in [0.1, 0.15) is 13.8 Å². The van der Waals surface area contributed by atoms with E-state index in [1.54, 1.807) is 25.3 Å². The van der Waals surface area contributed by atoms with Gasteiger partial charge in [-0.15, -0.1) is 12.4 Å². The molecule has 0 spiro atoms. The number of amides is 1. The molecule has 7 heteroatoms. The van der Waals surface area contributed by atoms with Gasteiger partial charge in [-0.05, 0) is 26.0 Å². The largest absolute Gasteiger partial charge is 0.497 e. The van der Waals surface area contributed by atoms with Crippen molar-refractivity contribution in [2.24, 2.45) is 0 Å². The van der Waals surface area contributed by atoms with Gasteiger partial charge in [-0.25, -0.2) is 0 Å². The summed E-state index contributed by atoms with van der Waals surface area (Å²) in [6.45, 7) is 5.68. The first kappa shape index (κ1) is 18.5. The third-order valence-corrected chi connectivity index (χ3v) is 3.03. The van der Waals surface area contributed by atoms with Gasteiger partial charge in [0.15, 0.2) is 0 Å². The number of hydrogen-bond donors (Lipinski definition) is 2. The van der Waals surface area contributed by atoms with Crippen molar-refractivity contribution in [3.8, 4) is 11.5 Å². The molecule has 1 unspecified atom stereocenters. The van der Waals surface area contributed by atoms with Crippen molar-refractivity contribution in [3.05, 3.63) is 18.2 Å². The van der Waals surface area contributed by atoms with Crippen LogP contribution in [0.3, 0.4) is 0 Å². The SMILES string of the molecule is COc1ccc(OC(C)C)c(NC(=O)C2CNCCO2)c1.Cl. The van der Waals surface area contributed by atoms with Crippen LogP contribution in [-0.4, -0.2) is 44.9 Å². The van der Waals surface area contributed by atoms with Crippen molar-refractivity contribution in [2.75, 3.05) is 32.1 Å². The van der Waals surface area contributed by atoms with Gasteiger partial charge in [-0.3, -0.25) is 4.79 Å². The van der Waals surface area contributed by atoms with Gasteiger partial charge in [0.2, 0.25) is 0 Å². The monoisotopic (exact) mass is 330 g/mol. The number of carbonyl (C=O) groups excluding carboxylic acids is 1. The van der Waals surface area contributed by atoms with Crippen LogP contribution in [0.15, 0.2) is 18.2 Å². The van der Waals surface area contributed by atoms with Gasteiger partial charge in [0.1, 0.15) is 17.6 Å². The van der Waals surface area contributed by atoms with Crippen molar-refractivity contribution >= 4 is 24.0 Å². The molecule has 0 radical (unpaired) electrons. The Hall–Kier alpha value is -1.50. The number of hydrogen-bond acceptors (Lipinski definition) is 5. The standard InChI is InChI=1S/C15H22N2O4.ClH/c1-10(2)21-13-5-4-11(19-3)8-12(13)17-15(18)14-9-16-6-7-20-14;/h4-5,8,10,14,16H,6-7,9H2,1-3H3,(H,17,18);1H. The normalized spacial score (nSPS) is 17.5. The maximum Gasteiger partial charge on any atom is 0.254 e. The molecule has 0 saturated carbocycles. The van der Waals surface area contributed by atoms with E-state index in [4.69, 9.17) is 14.2 Å². The summed E-state index contributed by atoms with van der Waals surface area (Å²) in [5.41, 5.74) is 0.585. The molecule has 2 rings (SSSR count). The molecule has 6 nitrogen and oxygen atoms in total. The lowest BCUT2D eigenvalue weighted by Crippen LogP contribution is -2.45. The molecule has 1 aromatic rings. The number of rotatable bonds is 5. The van der Waals surface area contributed by atoms with Crippen LogP contribution in [0, 0.1) is 0 Å². The van der Waals surface area contributed by atoms with E-state index in [2.05, 4.69) is 10.6 Å². The minimum Gasteiger partial charge on any atom is -0.497 e. The fourth-order valence-electron chi connectivity index (χ4n) is 2.04. The van der Waals surface area contributed by atoms with E-state index in [1.807, 2.05) is 13.8 Å². The Labute approximate surface area is 136 Å². The van der Waals surface area contributed by atoms with Crippen molar-refractivity contribution in [1.29, 1.82) is 0 Å². The lowest BCUT2D eigenvalue weighted by molar-refractivity contribution is -0.128. The molecule has 0 aliphatic carbocycles. The zero-order valence-corrected chi connectivity index (χ0v) is 13.9. The van der Waals surface area contributed by atoms with E-state index >= 15 is 0 Å². The molecule has 1 heterocycles. The van der Waals surface area contributed by atoms with Crippen molar-refractivity contribution in [3.63, 3.8) is 0 Å². The zero-order chi connectivity index (χ0) is 15.2. The highest BCUT2D eigenvalue weighted by atomic mass is 35.5. The third kappa shape index (κ3) is 5.05. The van der Waals surface area contributed by atoms with Crippen LogP contribution >= 0.6 is 12.4 Å². The second-order valence-electron chi connectivity index (χ2n) is 5.08. The number of nitrogens with one attached hydrogen (secondary N) is 2. The van der Waals surface area contributed by atoms with Crippen LogP contribution in [0.5, 0.6) is 11.5 Å². The highest BCUT2D eigenvalue weighted by Crippen LogP contribution is 2.30. The van der Waals surface area contributed by atoms with E-state index in [1.165, 1.54) is 0 Å². The number of halogens is 1. The summed E-state index contributed by atoms with van der Waals surface area (Å²) in [4.78, 5) is 12.2. The van der Waals surface area contributed by atoms with E-state index in [0.717, 1.165) is 6.54 Å². The summed E-state index contributed by atoms with van der Waals surface area (Å²) in [7, 11) is 1.58. The number of anilines is 1. The fourth-order valence-corrected chi connectivity index (χ4v) is 2.04. The Morgan fingerprint density at radius 1 is 1.45 bits per heavy atom. The van der Waals surface area contributed by atoms with Gasteiger partial charge in [0, 0.05) is 19.2 Å². The first-order chi connectivity index (χ1) is 10.1. The first-order valence-electron chi connectivity index (χ1n) is 7.08. The highest BCUT2D eigenvalue weighted by Gasteiger charge is 2.23. The second-order valence-corrected chi connectivity index (χ2v) is 5.08. The lowest BCUT2D eigenvalue weighted by atomic mass is 10.2. The van der Waals surface area contributed by atoms with Crippen LogP contribution in [0.2, 0.25) is 0 Å². The topological polar surface area (TPSA) is 68.8 Å². The quantitative estimate of drug-likeness (QED) is 0.862. The zero-order valence-electron chi connectivity index (χ0n) is 13.0. The third-order valence-electron chi connectivity index (χ3n) is 3.03. The Balaban J connectivity index is 0.00000242. The van der Waals surface area contributed by atoms with Gasteiger partial charge in [-0.2, -0.15) is 0 Å². The summed E-state index contributed by atoms with van der Waals surface area (Å²) in [5.74, 6) is 1.08. The van der Waals surface area contributed by atoms with E-state index in [-0.39, 0.29) is 24.4 Å². The van der Waals surface area contributed by atoms with Gasteiger partial charge >= 0.3 is 0 Å². The molecule has 1 fully saturated rings. The van der Waals surface area contributed by atoms with E-state index in [9.17, 15) is 4.79 Å². The van der Waals surface area contributed by atoms with Gasteiger partial charge in [0.05, 0.1) is 25.5 Å². The molecule has 1 saturated heterocycles. The van der Waals surface area contributed by atoms with Crippen LogP contribution in [0.25, 0.3) is 0 Å². The summed E-state index contributed by atoms with van der Waals surface area (Å²) in [6.07, 6.45) is -0.474. The number of morpholine rings is 1. The Bertz CT molecular complexity index is 490. The highest BCUT2D eigenvalue weighted by molar-refractivity contribution is 5.96. The van der Waals surface area contributed by atoms with Crippen LogP contribution in [-0.2, 0) is 9.53 Å². The molecule has 1 aliphatic heterocycles. The van der Waals surface area contributed by atoms with Gasteiger partial charge < -0.3 is 24.8 Å². The predicted molar refractivity (Wildman–Crippen MR) is 87.2 cm³/mol. The maximum atomic E-state index is 12.2. The smallest absolute Gasteiger partial charge is 0.254 e. The summed E-state index contributed by atoms with van der Waals surface area (Å²) in [5, 5.41) is 5.98. The molecular formula is C15H23ClN2O4. The molecule has 1 aromatic carbocycles. The minimum atomic E-state index is -0.489. The molecule has 22 heavy (non-hydrogen) atoms. The molecule has 1 aliphatic rings. The van der Waals surface area contributed by atoms with Gasteiger partial charge in [0.25, 0.3) is 5.91 Å². The average Bonchev–Trinajstić information content (AvgIpc) is 2.49. The Morgan fingerprint density at radius 3 is 2.82 bits per heavy atom. The average molecular weight is 331 g/mol. The van der Waals surface area contributed by atoms with Crippen molar-refractivity contribution in [1.82, 2.24) is 5.32 Å². The molecule has 1 atom stereocenters. The summed E-state index contributed by atoms with van der Waals surface area (Å²) >= 11 is 0. The number of benzene rings is 1.